The van der Waals surface area contributed by atoms with Crippen molar-refractivity contribution in [2.24, 2.45) is 0 Å². The number of carbonyl (C=O) groups excluding carboxylic acids is 2. The van der Waals surface area contributed by atoms with Crippen molar-refractivity contribution >= 4 is 28.5 Å². The number of aromatic nitrogens is 2. The van der Waals surface area contributed by atoms with Gasteiger partial charge in [0.05, 0.1) is 24.0 Å². The Kier molecular flexibility index (Phi) is 6.53. The summed E-state index contributed by atoms with van der Waals surface area (Å²) in [7, 11) is 1.90. The molecule has 11 heteroatoms. The summed E-state index contributed by atoms with van der Waals surface area (Å²) < 4.78 is 39.6. The maximum absolute atomic E-state index is 13.3. The highest BCUT2D eigenvalue weighted by atomic mass is 19.4. The summed E-state index contributed by atoms with van der Waals surface area (Å²) in [6.45, 7) is 2.04. The van der Waals surface area contributed by atoms with Gasteiger partial charge in [0.25, 0.3) is 0 Å². The Labute approximate surface area is 189 Å². The number of benzene rings is 1. The summed E-state index contributed by atoms with van der Waals surface area (Å²) in [6, 6.07) is 2.88. The predicted molar refractivity (Wildman–Crippen MR) is 115 cm³/mol. The lowest BCUT2D eigenvalue weighted by atomic mass is 9.85. The Morgan fingerprint density at radius 1 is 1.21 bits per heavy atom. The number of halogens is 3. The van der Waals surface area contributed by atoms with Crippen LogP contribution in [0.1, 0.15) is 38.2 Å². The van der Waals surface area contributed by atoms with Crippen molar-refractivity contribution in [2.75, 3.05) is 18.9 Å². The zero-order valence-electron chi connectivity index (χ0n) is 18.5. The van der Waals surface area contributed by atoms with Crippen LogP contribution in [0.4, 0.5) is 19.0 Å². The first kappa shape index (κ1) is 23.4. The number of fused-ring (bicyclic) bond motifs is 1. The highest BCUT2D eigenvalue weighted by Crippen LogP contribution is 2.33. The second-order valence-corrected chi connectivity index (χ2v) is 8.78. The van der Waals surface area contributed by atoms with E-state index in [4.69, 9.17) is 0 Å². The summed E-state index contributed by atoms with van der Waals surface area (Å²) in [5, 5.41) is 8.25. The number of likely N-dealkylation sites (tertiary alicyclic amines) is 1. The van der Waals surface area contributed by atoms with Crippen molar-refractivity contribution in [2.45, 2.75) is 63.0 Å². The van der Waals surface area contributed by atoms with Gasteiger partial charge < -0.3 is 15.5 Å². The van der Waals surface area contributed by atoms with E-state index in [0.717, 1.165) is 31.4 Å². The molecule has 0 spiro atoms. The number of hydrogen-bond donors (Lipinski definition) is 3. The van der Waals surface area contributed by atoms with E-state index < -0.39 is 17.8 Å². The number of nitrogens with two attached hydrogens (primary N) is 1. The number of primary amides is 1. The maximum Gasteiger partial charge on any atom is 0.416 e. The summed E-state index contributed by atoms with van der Waals surface area (Å²) in [5.41, 5.74) is -0.430. The van der Waals surface area contributed by atoms with Crippen molar-refractivity contribution in [3.63, 3.8) is 0 Å². The molecule has 2 amide bonds. The molecule has 4 rings (SSSR count). The molecule has 178 valence electrons. The number of amides is 2. The second kappa shape index (κ2) is 9.22. The molecule has 4 unspecified atom stereocenters. The molecule has 2 fully saturated rings. The van der Waals surface area contributed by atoms with E-state index in [0.29, 0.717) is 24.5 Å². The van der Waals surface area contributed by atoms with E-state index in [1.807, 2.05) is 11.9 Å². The summed E-state index contributed by atoms with van der Waals surface area (Å²) in [5.74, 6) is 0.0663. The van der Waals surface area contributed by atoms with Crippen LogP contribution >= 0.6 is 0 Å². The number of hydrogen-bond acceptors (Lipinski definition) is 6. The number of quaternary nitrogens is 1. The van der Waals surface area contributed by atoms with Crippen LogP contribution in [0.5, 0.6) is 0 Å². The minimum atomic E-state index is -4.49. The van der Waals surface area contributed by atoms with E-state index in [2.05, 4.69) is 20.6 Å². The largest absolute Gasteiger partial charge is 0.416 e. The van der Waals surface area contributed by atoms with Gasteiger partial charge >= 0.3 is 12.1 Å². The Balaban J connectivity index is 1.54. The van der Waals surface area contributed by atoms with Crippen molar-refractivity contribution in [1.29, 1.82) is 0 Å². The zero-order valence-corrected chi connectivity index (χ0v) is 18.5. The van der Waals surface area contributed by atoms with E-state index >= 15 is 0 Å². The number of nitrogens with zero attached hydrogens (tertiary/aromatic N) is 3. The molecule has 0 radical (unpaired) electrons. The Bertz CT molecular complexity index is 1050. The normalized spacial score (nSPS) is 26.1. The maximum atomic E-state index is 13.3. The van der Waals surface area contributed by atoms with Gasteiger partial charge in [0.2, 0.25) is 5.91 Å². The molecule has 1 saturated heterocycles. The van der Waals surface area contributed by atoms with Gasteiger partial charge in [0.15, 0.2) is 0 Å². The molecular weight excluding hydrogens is 437 g/mol. The van der Waals surface area contributed by atoms with Crippen molar-refractivity contribution in [3.8, 4) is 0 Å². The van der Waals surface area contributed by atoms with Crippen LogP contribution in [0, 0.1) is 0 Å². The van der Waals surface area contributed by atoms with Crippen LogP contribution in [-0.4, -0.2) is 64.4 Å². The summed E-state index contributed by atoms with van der Waals surface area (Å²) in [4.78, 5) is 35.1. The minimum absolute atomic E-state index is 0.0176. The third kappa shape index (κ3) is 4.93. The van der Waals surface area contributed by atoms with Crippen molar-refractivity contribution < 1.29 is 28.1 Å². The fourth-order valence-corrected chi connectivity index (χ4v) is 5.00. The number of carbonyl (C=O) groups is 2. The first-order valence-corrected chi connectivity index (χ1v) is 11.1. The van der Waals surface area contributed by atoms with Gasteiger partial charge in [-0.1, -0.05) is 0 Å². The van der Waals surface area contributed by atoms with E-state index in [1.165, 1.54) is 19.3 Å². The molecule has 2 heterocycles. The minimum Gasteiger partial charge on any atom is -0.358 e. The molecule has 1 aromatic carbocycles. The van der Waals surface area contributed by atoms with Crippen LogP contribution in [0.2, 0.25) is 0 Å². The lowest BCUT2D eigenvalue weighted by Crippen LogP contribution is -2.96. The fraction of sp³-hybridized carbons (Fsp3) is 0.545. The van der Waals surface area contributed by atoms with Crippen LogP contribution in [0.3, 0.4) is 0 Å². The van der Waals surface area contributed by atoms with Gasteiger partial charge in [-0.05, 0) is 44.5 Å². The molecule has 33 heavy (non-hydrogen) atoms. The smallest absolute Gasteiger partial charge is 0.358 e. The molecule has 1 aliphatic heterocycles. The Hall–Kier alpha value is -2.79. The number of rotatable bonds is 5. The third-order valence-electron chi connectivity index (χ3n) is 6.63. The molecule has 2 aromatic rings. The van der Waals surface area contributed by atoms with E-state index in [-0.39, 0.29) is 35.1 Å². The molecular formula is C22H28F3N6O2+. The first-order chi connectivity index (χ1) is 15.7. The summed E-state index contributed by atoms with van der Waals surface area (Å²) >= 11 is 0. The van der Waals surface area contributed by atoms with Crippen LogP contribution < -0.4 is 16.0 Å². The fourth-order valence-electron chi connectivity index (χ4n) is 5.00. The van der Waals surface area contributed by atoms with E-state index in [9.17, 15) is 22.8 Å². The Morgan fingerprint density at radius 3 is 2.70 bits per heavy atom. The molecule has 1 saturated carbocycles. The average molecular weight is 466 g/mol. The van der Waals surface area contributed by atoms with Gasteiger partial charge in [0, 0.05) is 24.4 Å². The second-order valence-electron chi connectivity index (χ2n) is 8.78. The van der Waals surface area contributed by atoms with Gasteiger partial charge in [-0.2, -0.15) is 13.2 Å². The SMILES string of the molecule is CNC1CCC(N2CCC(Nc3ncnc4ccc(C(F)(F)F)cc34)C2=O)C([NH2+]C(C)=O)C1. The molecule has 8 nitrogen and oxygen atoms in total. The number of anilines is 1. The van der Waals surface area contributed by atoms with Crippen LogP contribution in [-0.2, 0) is 15.8 Å². The van der Waals surface area contributed by atoms with Gasteiger partial charge in [-0.25, -0.2) is 14.8 Å². The number of nitrogens with one attached hydrogen (secondary N) is 2. The molecule has 0 bridgehead atoms. The third-order valence-corrected chi connectivity index (χ3v) is 6.63. The lowest BCUT2D eigenvalue weighted by Gasteiger charge is -2.38. The monoisotopic (exact) mass is 465 g/mol. The summed E-state index contributed by atoms with van der Waals surface area (Å²) in [6.07, 6.45) is -0.255. The molecule has 1 aliphatic carbocycles. The van der Waals surface area contributed by atoms with Crippen molar-refractivity contribution in [3.05, 3.63) is 30.1 Å². The van der Waals surface area contributed by atoms with Crippen molar-refractivity contribution in [1.82, 2.24) is 20.2 Å². The predicted octanol–water partition coefficient (Wildman–Crippen LogP) is 1.28. The number of alkyl halides is 3. The quantitative estimate of drug-likeness (QED) is 0.615. The standard InChI is InChI=1S/C22H27F3N6O2/c1-12(32)29-18-10-14(26-2)4-6-19(18)31-8-7-17(21(31)33)30-20-15-9-13(22(23,24)25)3-5-16(15)27-11-28-20/h3,5,9,11,14,17-19,26H,4,6-8,10H2,1-2H3,(H,29,32)(H,27,28,30)/p+1. The highest BCUT2D eigenvalue weighted by molar-refractivity contribution is 5.93. The first-order valence-electron chi connectivity index (χ1n) is 11.1. The van der Waals surface area contributed by atoms with Gasteiger partial charge in [0.1, 0.15) is 24.2 Å². The molecule has 1 aromatic heterocycles. The van der Waals surface area contributed by atoms with Crippen LogP contribution in [0.25, 0.3) is 10.9 Å². The van der Waals surface area contributed by atoms with Gasteiger partial charge in [-0.15, -0.1) is 0 Å². The Morgan fingerprint density at radius 2 is 2.00 bits per heavy atom. The molecule has 4 N–H and O–H groups in total. The lowest BCUT2D eigenvalue weighted by molar-refractivity contribution is -0.613. The zero-order chi connectivity index (χ0) is 23.8. The highest BCUT2D eigenvalue weighted by Gasteiger charge is 2.44. The van der Waals surface area contributed by atoms with Gasteiger partial charge in [-0.3, -0.25) is 10.1 Å². The molecule has 4 atom stereocenters. The van der Waals surface area contributed by atoms with E-state index in [1.54, 1.807) is 5.32 Å². The van der Waals surface area contributed by atoms with Crippen LogP contribution in [0.15, 0.2) is 24.5 Å². The topological polar surface area (TPSA) is 104 Å². The molecule has 2 aliphatic rings. The average Bonchev–Trinajstić information content (AvgIpc) is 3.12.